The Morgan fingerprint density at radius 2 is 1.70 bits per heavy atom. The Morgan fingerprint density at radius 1 is 1.00 bits per heavy atom. The lowest BCUT2D eigenvalue weighted by Gasteiger charge is -2.15. The molecule has 0 saturated carbocycles. The molecule has 2 heterocycles. The highest BCUT2D eigenvalue weighted by molar-refractivity contribution is 7.89. The summed E-state index contributed by atoms with van der Waals surface area (Å²) in [6.07, 6.45) is 1.71. The molecule has 1 aliphatic heterocycles. The van der Waals surface area contributed by atoms with E-state index >= 15 is 0 Å². The number of nitrogens with one attached hydrogen (secondary N) is 1. The second kappa shape index (κ2) is 9.78. The molecule has 10 heteroatoms. The average Bonchev–Trinajstić information content (AvgIpc) is 3.51. The number of sulfonamides is 1. The average molecular weight is 489 g/mol. The quantitative estimate of drug-likeness (QED) is 0.500. The van der Waals surface area contributed by atoms with Crippen LogP contribution in [0.3, 0.4) is 0 Å². The summed E-state index contributed by atoms with van der Waals surface area (Å²) in [4.78, 5) is 24.5. The molecule has 2 aromatic carbocycles. The van der Waals surface area contributed by atoms with E-state index in [0.717, 1.165) is 12.8 Å². The van der Waals surface area contributed by atoms with Gasteiger partial charge in [0.25, 0.3) is 5.91 Å². The minimum absolute atomic E-state index is 0.0609. The summed E-state index contributed by atoms with van der Waals surface area (Å²) in [6, 6.07) is 15.9. The van der Waals surface area contributed by atoms with Gasteiger partial charge in [0.15, 0.2) is 6.61 Å². The van der Waals surface area contributed by atoms with Crippen molar-refractivity contribution in [3.8, 4) is 11.3 Å². The third kappa shape index (κ3) is 5.27. The van der Waals surface area contributed by atoms with Gasteiger partial charge in [-0.15, -0.1) is 0 Å². The van der Waals surface area contributed by atoms with Crippen molar-refractivity contribution >= 4 is 39.2 Å². The van der Waals surface area contributed by atoms with Crippen molar-refractivity contribution < 1.29 is 27.2 Å². The van der Waals surface area contributed by atoms with Crippen LogP contribution in [0, 0.1) is 0 Å². The number of hydrogen-bond donors (Lipinski definition) is 1. The largest absolute Gasteiger partial charge is 0.450 e. The van der Waals surface area contributed by atoms with Crippen molar-refractivity contribution in [1.82, 2.24) is 4.31 Å². The van der Waals surface area contributed by atoms with Crippen molar-refractivity contribution in [3.05, 3.63) is 71.4 Å². The number of hydrogen-bond acceptors (Lipinski definition) is 6. The van der Waals surface area contributed by atoms with E-state index in [0.29, 0.717) is 35.1 Å². The molecule has 1 fully saturated rings. The lowest BCUT2D eigenvalue weighted by atomic mass is 10.2. The van der Waals surface area contributed by atoms with Gasteiger partial charge >= 0.3 is 5.97 Å². The van der Waals surface area contributed by atoms with Crippen LogP contribution in [-0.4, -0.2) is 44.3 Å². The van der Waals surface area contributed by atoms with Gasteiger partial charge < -0.3 is 14.5 Å². The van der Waals surface area contributed by atoms with Gasteiger partial charge in [0, 0.05) is 24.3 Å². The van der Waals surface area contributed by atoms with Crippen molar-refractivity contribution in [1.29, 1.82) is 0 Å². The topological polar surface area (TPSA) is 106 Å². The molecule has 3 aromatic rings. The van der Waals surface area contributed by atoms with Crippen LogP contribution in [0.2, 0.25) is 5.02 Å². The van der Waals surface area contributed by atoms with Crippen LogP contribution in [0.15, 0.2) is 70.0 Å². The summed E-state index contributed by atoms with van der Waals surface area (Å²) < 4.78 is 37.1. The second-order valence-electron chi connectivity index (χ2n) is 7.40. The minimum Gasteiger partial charge on any atom is -0.450 e. The van der Waals surface area contributed by atoms with Crippen LogP contribution < -0.4 is 5.32 Å². The fourth-order valence-electron chi connectivity index (χ4n) is 3.44. The molecule has 4 rings (SSSR count). The van der Waals surface area contributed by atoms with Crippen LogP contribution in [0.5, 0.6) is 0 Å². The first kappa shape index (κ1) is 23.0. The lowest BCUT2D eigenvalue weighted by molar-refractivity contribution is -0.119. The molecule has 0 aliphatic carbocycles. The van der Waals surface area contributed by atoms with Gasteiger partial charge in [-0.25, -0.2) is 13.2 Å². The molecule has 1 N–H and O–H groups in total. The molecule has 0 spiro atoms. The molecule has 1 saturated heterocycles. The summed E-state index contributed by atoms with van der Waals surface area (Å²) in [5.74, 6) is -1.03. The zero-order valence-corrected chi connectivity index (χ0v) is 19.1. The molecule has 0 radical (unpaired) electrons. The number of carbonyl (C=O) groups is 2. The number of benzene rings is 2. The third-order valence-corrected chi connectivity index (χ3v) is 7.36. The maximum atomic E-state index is 12.6. The van der Waals surface area contributed by atoms with E-state index in [2.05, 4.69) is 5.32 Å². The fourth-order valence-corrected chi connectivity index (χ4v) is 5.19. The highest BCUT2D eigenvalue weighted by Crippen LogP contribution is 2.29. The Labute approximate surface area is 196 Å². The maximum Gasteiger partial charge on any atom is 0.374 e. The predicted molar refractivity (Wildman–Crippen MR) is 123 cm³/mol. The van der Waals surface area contributed by atoms with Gasteiger partial charge in [-0.2, -0.15) is 4.31 Å². The number of esters is 1. The molecule has 172 valence electrons. The van der Waals surface area contributed by atoms with E-state index in [4.69, 9.17) is 20.8 Å². The summed E-state index contributed by atoms with van der Waals surface area (Å²) in [6.45, 7) is 0.498. The number of amides is 1. The maximum absolute atomic E-state index is 12.6. The minimum atomic E-state index is -3.52. The smallest absolute Gasteiger partial charge is 0.374 e. The SMILES string of the molecule is O=C(COC(=O)c1ccc(-c2ccccc2Cl)o1)Nc1ccc(S(=O)(=O)N2CCCC2)cc1. The molecule has 1 aliphatic rings. The summed E-state index contributed by atoms with van der Waals surface area (Å²) in [7, 11) is -3.52. The van der Waals surface area contributed by atoms with E-state index in [1.54, 1.807) is 30.3 Å². The van der Waals surface area contributed by atoms with Gasteiger partial charge in [-0.1, -0.05) is 23.7 Å². The molecule has 33 heavy (non-hydrogen) atoms. The molecule has 0 unspecified atom stereocenters. The van der Waals surface area contributed by atoms with Crippen molar-refractivity contribution in [2.45, 2.75) is 17.7 Å². The number of halogens is 1. The van der Waals surface area contributed by atoms with Crippen LogP contribution in [0.4, 0.5) is 5.69 Å². The van der Waals surface area contributed by atoms with E-state index in [-0.39, 0.29) is 10.7 Å². The second-order valence-corrected chi connectivity index (χ2v) is 9.75. The summed E-state index contributed by atoms with van der Waals surface area (Å²) in [5.41, 5.74) is 1.02. The monoisotopic (exact) mass is 488 g/mol. The van der Waals surface area contributed by atoms with Crippen LogP contribution in [0.25, 0.3) is 11.3 Å². The Bertz CT molecular complexity index is 1260. The van der Waals surface area contributed by atoms with E-state index in [1.165, 1.54) is 34.6 Å². The number of nitrogens with zero attached hydrogens (tertiary/aromatic N) is 1. The number of carbonyl (C=O) groups excluding carboxylic acids is 2. The van der Waals surface area contributed by atoms with Gasteiger partial charge in [-0.05, 0) is 61.4 Å². The highest BCUT2D eigenvalue weighted by Gasteiger charge is 2.27. The van der Waals surface area contributed by atoms with Crippen molar-refractivity contribution in [2.24, 2.45) is 0 Å². The Hall–Kier alpha value is -3.14. The first-order chi connectivity index (χ1) is 15.8. The normalized spacial score (nSPS) is 14.2. The Balaban J connectivity index is 1.31. The van der Waals surface area contributed by atoms with E-state index < -0.39 is 28.5 Å². The Morgan fingerprint density at radius 3 is 2.39 bits per heavy atom. The first-order valence-electron chi connectivity index (χ1n) is 10.3. The van der Waals surface area contributed by atoms with Gasteiger partial charge in [-0.3, -0.25) is 4.79 Å². The third-order valence-electron chi connectivity index (χ3n) is 5.12. The predicted octanol–water partition coefficient (Wildman–Crippen LogP) is 4.18. The van der Waals surface area contributed by atoms with Gasteiger partial charge in [0.1, 0.15) is 5.76 Å². The molecule has 1 amide bonds. The number of furan rings is 1. The Kier molecular flexibility index (Phi) is 6.83. The molecule has 8 nitrogen and oxygen atoms in total. The van der Waals surface area contributed by atoms with Crippen molar-refractivity contribution in [2.75, 3.05) is 25.0 Å². The lowest BCUT2D eigenvalue weighted by Crippen LogP contribution is -2.27. The fraction of sp³-hybridized carbons (Fsp3) is 0.217. The van der Waals surface area contributed by atoms with Crippen molar-refractivity contribution in [3.63, 3.8) is 0 Å². The molecule has 1 aromatic heterocycles. The van der Waals surface area contributed by atoms with Crippen LogP contribution in [-0.2, 0) is 19.6 Å². The molecular weight excluding hydrogens is 468 g/mol. The molecule has 0 bridgehead atoms. The number of rotatable bonds is 7. The molecular formula is C23H21ClN2O6S. The standard InChI is InChI=1S/C23H21ClN2O6S/c24-19-6-2-1-5-18(19)20-11-12-21(32-20)23(28)31-15-22(27)25-16-7-9-17(10-8-16)33(29,30)26-13-3-4-14-26/h1-2,5-12H,3-4,13-15H2,(H,25,27). The van der Waals surface area contributed by atoms with Crippen LogP contribution in [0.1, 0.15) is 23.4 Å². The zero-order valence-electron chi connectivity index (χ0n) is 17.5. The van der Waals surface area contributed by atoms with Gasteiger partial charge in [0.05, 0.1) is 9.92 Å². The summed E-state index contributed by atoms with van der Waals surface area (Å²) >= 11 is 6.13. The van der Waals surface area contributed by atoms with E-state index in [9.17, 15) is 18.0 Å². The van der Waals surface area contributed by atoms with Crippen LogP contribution >= 0.6 is 11.6 Å². The van der Waals surface area contributed by atoms with Gasteiger partial charge in [0.2, 0.25) is 15.8 Å². The summed E-state index contributed by atoms with van der Waals surface area (Å²) in [5, 5.41) is 3.04. The zero-order chi connectivity index (χ0) is 23.4. The number of ether oxygens (including phenoxy) is 1. The highest BCUT2D eigenvalue weighted by atomic mass is 35.5. The number of anilines is 1. The molecule has 0 atom stereocenters. The van der Waals surface area contributed by atoms with E-state index in [1.807, 2.05) is 0 Å². The first-order valence-corrected chi connectivity index (χ1v) is 12.1.